The van der Waals surface area contributed by atoms with Crippen LogP contribution in [0.25, 0.3) is 0 Å². The van der Waals surface area contributed by atoms with Crippen LogP contribution in [-0.4, -0.2) is 24.2 Å². The average Bonchev–Trinajstić information content (AvgIpc) is 2.73. The van der Waals surface area contributed by atoms with Gasteiger partial charge >= 0.3 is 7.57 Å². The molecule has 0 bridgehead atoms. The molecule has 0 fully saturated rings. The van der Waals surface area contributed by atoms with Crippen LogP contribution in [0.1, 0.15) is 17.6 Å². The first-order valence-corrected chi connectivity index (χ1v) is 10.6. The predicted molar refractivity (Wildman–Crippen MR) is 112 cm³/mol. The van der Waals surface area contributed by atoms with Gasteiger partial charge in [0, 0.05) is 32.3 Å². The van der Waals surface area contributed by atoms with E-state index in [1.54, 1.807) is 12.1 Å². The van der Waals surface area contributed by atoms with Crippen molar-refractivity contribution in [1.82, 2.24) is 0 Å². The van der Waals surface area contributed by atoms with Gasteiger partial charge in [0.05, 0.1) is 21.2 Å². The number of non-ortho nitro benzene ring substituents is 1. The number of rotatable bonds is 7. The quantitative estimate of drug-likeness (QED) is 0.296. The van der Waals surface area contributed by atoms with Gasteiger partial charge in [0.15, 0.2) is 0 Å². The second kappa shape index (κ2) is 8.47. The van der Waals surface area contributed by atoms with E-state index < -0.39 is 12.1 Å². The van der Waals surface area contributed by atoms with E-state index >= 15 is 0 Å². The van der Waals surface area contributed by atoms with Gasteiger partial charge in [-0.3, -0.25) is 10.1 Å². The molecule has 134 valence electrons. The first-order valence-electron chi connectivity index (χ1n) is 8.71. The standard InChI is InChI=1S/C21H20BNO3P/c22-27(19-7-3-1-4-8-19,20-9-5-2-6-10-20)21(15-16-24)17-11-13-18(14-12-17)23(25)26/h1-14,21,24H,15-16H2/q+1/t21-/m0/s1. The Bertz CT molecular complexity index is 849. The third-order valence-electron chi connectivity index (χ3n) is 4.75. The van der Waals surface area contributed by atoms with Gasteiger partial charge in [0.1, 0.15) is 0 Å². The van der Waals surface area contributed by atoms with Gasteiger partial charge in [-0.2, -0.15) is 0 Å². The molecule has 4 nitrogen and oxygen atoms in total. The summed E-state index contributed by atoms with van der Waals surface area (Å²) in [7, 11) is 4.78. The summed E-state index contributed by atoms with van der Waals surface area (Å²) in [6, 6.07) is 26.4. The van der Waals surface area contributed by atoms with Crippen molar-refractivity contribution in [2.45, 2.75) is 12.1 Å². The van der Waals surface area contributed by atoms with Crippen LogP contribution in [0.4, 0.5) is 5.69 Å². The second-order valence-electron chi connectivity index (χ2n) is 6.33. The summed E-state index contributed by atoms with van der Waals surface area (Å²) in [5, 5.41) is 22.8. The van der Waals surface area contributed by atoms with Crippen LogP contribution in [0.5, 0.6) is 0 Å². The largest absolute Gasteiger partial charge is 0.396 e. The number of aliphatic hydroxyl groups excluding tert-OH is 1. The van der Waals surface area contributed by atoms with Crippen LogP contribution >= 0.6 is 7.14 Å². The van der Waals surface area contributed by atoms with Crippen molar-refractivity contribution in [3.63, 3.8) is 0 Å². The Hall–Kier alpha value is -2.49. The van der Waals surface area contributed by atoms with Crippen LogP contribution in [0.3, 0.4) is 0 Å². The molecule has 0 unspecified atom stereocenters. The molecule has 1 N–H and O–H groups in total. The maximum Gasteiger partial charge on any atom is 0.378 e. The minimum Gasteiger partial charge on any atom is -0.396 e. The summed E-state index contributed by atoms with van der Waals surface area (Å²) in [4.78, 5) is 10.6. The molecule has 1 atom stereocenters. The summed E-state index contributed by atoms with van der Waals surface area (Å²) < 4.78 is 0. The zero-order chi connectivity index (χ0) is 19.3. The monoisotopic (exact) mass is 376 g/mol. The van der Waals surface area contributed by atoms with E-state index in [0.29, 0.717) is 6.42 Å². The molecule has 6 heteroatoms. The molecule has 0 aromatic heterocycles. The summed E-state index contributed by atoms with van der Waals surface area (Å²) >= 11 is 0. The number of hydrogen-bond acceptors (Lipinski definition) is 3. The Morgan fingerprint density at radius 3 is 1.78 bits per heavy atom. The summed E-state index contributed by atoms with van der Waals surface area (Å²) in [6.07, 6.45) is 0.478. The third-order valence-corrected chi connectivity index (χ3v) is 8.59. The first-order chi connectivity index (χ1) is 13.1. The number of aliphatic hydroxyl groups is 1. The first kappa shape index (κ1) is 19.3. The number of nitro groups is 1. The van der Waals surface area contributed by atoms with E-state index in [0.717, 1.165) is 16.2 Å². The van der Waals surface area contributed by atoms with E-state index in [-0.39, 0.29) is 18.0 Å². The van der Waals surface area contributed by atoms with Crippen molar-refractivity contribution in [3.8, 4) is 0 Å². The molecule has 3 aromatic rings. The topological polar surface area (TPSA) is 63.4 Å². The van der Waals surface area contributed by atoms with Gasteiger partial charge < -0.3 is 5.11 Å². The molecule has 0 heterocycles. The highest BCUT2D eigenvalue weighted by Gasteiger charge is 2.45. The van der Waals surface area contributed by atoms with Crippen molar-refractivity contribution >= 4 is 31.0 Å². The van der Waals surface area contributed by atoms with E-state index in [1.807, 2.05) is 60.7 Å². The fraction of sp³-hybridized carbons (Fsp3) is 0.143. The van der Waals surface area contributed by atoms with E-state index in [2.05, 4.69) is 0 Å². The zero-order valence-corrected chi connectivity index (χ0v) is 15.7. The van der Waals surface area contributed by atoms with Gasteiger partial charge in [-0.05, 0) is 42.0 Å². The third kappa shape index (κ3) is 3.95. The molecule has 0 saturated carbocycles. The van der Waals surface area contributed by atoms with Crippen LogP contribution in [0, 0.1) is 10.1 Å². The lowest BCUT2D eigenvalue weighted by Crippen LogP contribution is -2.28. The van der Waals surface area contributed by atoms with Crippen molar-refractivity contribution in [2.24, 2.45) is 0 Å². The Kier molecular flexibility index (Phi) is 6.05. The number of hydrogen-bond donors (Lipinski definition) is 1. The maximum absolute atomic E-state index is 11.0. The highest BCUT2D eigenvalue weighted by molar-refractivity contribution is 8.08. The zero-order valence-electron chi connectivity index (χ0n) is 14.8. The highest BCUT2D eigenvalue weighted by Crippen LogP contribution is 2.65. The summed E-state index contributed by atoms with van der Waals surface area (Å²) in [6.45, 7) is -0.0136. The lowest BCUT2D eigenvalue weighted by atomic mass is 10.1. The molecule has 3 aromatic carbocycles. The Labute approximate surface area is 160 Å². The normalized spacial score (nSPS) is 12.5. The van der Waals surface area contributed by atoms with Gasteiger partial charge in [0.25, 0.3) is 5.69 Å². The Morgan fingerprint density at radius 2 is 1.37 bits per heavy atom. The molecule has 0 amide bonds. The molecule has 27 heavy (non-hydrogen) atoms. The molecule has 2 radical (unpaired) electrons. The van der Waals surface area contributed by atoms with Crippen LogP contribution in [-0.2, 0) is 0 Å². The molecule has 0 spiro atoms. The summed E-state index contributed by atoms with van der Waals surface area (Å²) in [5.74, 6) is 0. The van der Waals surface area contributed by atoms with Crippen molar-refractivity contribution in [2.75, 3.05) is 6.61 Å². The van der Waals surface area contributed by atoms with Crippen LogP contribution < -0.4 is 10.6 Å². The lowest BCUT2D eigenvalue weighted by Gasteiger charge is -2.32. The number of nitro benzene ring substituents is 1. The van der Waals surface area contributed by atoms with Crippen molar-refractivity contribution in [1.29, 1.82) is 0 Å². The Balaban J connectivity index is 2.16. The number of benzene rings is 3. The second-order valence-corrected chi connectivity index (χ2v) is 9.54. The molecule has 3 rings (SSSR count). The molecule has 0 aliphatic carbocycles. The minimum atomic E-state index is -2.39. The fourth-order valence-electron chi connectivity index (χ4n) is 3.40. The van der Waals surface area contributed by atoms with Crippen molar-refractivity contribution in [3.05, 3.63) is 101 Å². The molecular formula is C21H20BNO3P+. The Morgan fingerprint density at radius 1 is 0.889 bits per heavy atom. The minimum absolute atomic E-state index is 0.0136. The fourth-order valence-corrected chi connectivity index (χ4v) is 6.92. The van der Waals surface area contributed by atoms with E-state index in [9.17, 15) is 15.2 Å². The molecule has 0 aliphatic heterocycles. The highest BCUT2D eigenvalue weighted by atomic mass is 31.2. The predicted octanol–water partition coefficient (Wildman–Crippen LogP) is 3.77. The average molecular weight is 376 g/mol. The van der Waals surface area contributed by atoms with Gasteiger partial charge in [-0.15, -0.1) is 0 Å². The summed E-state index contributed by atoms with van der Waals surface area (Å²) in [5.41, 5.74) is 0.799. The van der Waals surface area contributed by atoms with Gasteiger partial charge in [-0.1, -0.05) is 36.4 Å². The van der Waals surface area contributed by atoms with Gasteiger partial charge in [-0.25, -0.2) is 0 Å². The SMILES string of the molecule is [B][P+](c1ccccc1)(c1ccccc1)[C@@H](CCO)c1ccc([N+](=O)[O-])cc1. The van der Waals surface area contributed by atoms with Gasteiger partial charge in [0.2, 0.25) is 0 Å². The smallest absolute Gasteiger partial charge is 0.378 e. The van der Waals surface area contributed by atoms with Crippen LogP contribution in [0.15, 0.2) is 84.9 Å². The number of nitrogens with zero attached hydrogens (tertiary/aromatic N) is 1. The molecule has 0 aliphatic rings. The maximum atomic E-state index is 11.0. The molecule has 0 saturated heterocycles. The lowest BCUT2D eigenvalue weighted by molar-refractivity contribution is -0.384. The van der Waals surface area contributed by atoms with Crippen LogP contribution in [0.2, 0.25) is 0 Å². The van der Waals surface area contributed by atoms with Crippen molar-refractivity contribution < 1.29 is 10.0 Å². The van der Waals surface area contributed by atoms with E-state index in [1.165, 1.54) is 12.1 Å². The molecular weight excluding hydrogens is 356 g/mol. The van der Waals surface area contributed by atoms with E-state index in [4.69, 9.17) is 7.57 Å².